The first-order valence-electron chi connectivity index (χ1n) is 8.13. The van der Waals surface area contributed by atoms with E-state index in [-0.39, 0.29) is 23.1 Å². The normalized spacial score (nSPS) is 16.2. The number of nitrogens with one attached hydrogen (secondary N) is 1. The molecule has 1 aliphatic rings. The van der Waals surface area contributed by atoms with E-state index < -0.39 is 21.7 Å². The Hall–Kier alpha value is -2.13. The Labute approximate surface area is 144 Å². The lowest BCUT2D eigenvalue weighted by Crippen LogP contribution is -2.36. The van der Waals surface area contributed by atoms with Gasteiger partial charge in [-0.3, -0.25) is 9.36 Å². The monoisotopic (exact) mass is 368 g/mol. The van der Waals surface area contributed by atoms with Crippen molar-refractivity contribution in [2.45, 2.75) is 49.6 Å². The Balaban J connectivity index is 1.90. The molecule has 2 aromatic rings. The average molecular weight is 368 g/mol. The van der Waals surface area contributed by atoms with Crippen molar-refractivity contribution in [2.75, 3.05) is 7.11 Å². The van der Waals surface area contributed by atoms with Gasteiger partial charge in [0.2, 0.25) is 10.0 Å². The van der Waals surface area contributed by atoms with E-state index in [0.717, 1.165) is 36.7 Å². The van der Waals surface area contributed by atoms with Crippen molar-refractivity contribution in [2.24, 2.45) is 0 Å². The maximum atomic E-state index is 12.5. The number of hydrogen-bond acceptors (Lipinski definition) is 6. The summed E-state index contributed by atoms with van der Waals surface area (Å²) in [7, 11) is -2.48. The maximum Gasteiger partial charge on any atom is 0.420 e. The molecule has 1 saturated carbocycles. The predicted molar refractivity (Wildman–Crippen MR) is 89.7 cm³/mol. The molecule has 25 heavy (non-hydrogen) atoms. The number of benzene rings is 1. The molecule has 0 bridgehead atoms. The first-order chi connectivity index (χ1) is 11.9. The Morgan fingerprint density at radius 1 is 1.32 bits per heavy atom. The number of carbonyl (C=O) groups is 1. The first-order valence-corrected chi connectivity index (χ1v) is 9.61. The van der Waals surface area contributed by atoms with Gasteiger partial charge in [0.25, 0.3) is 0 Å². The molecular weight excluding hydrogens is 348 g/mol. The minimum Gasteiger partial charge on any atom is -0.468 e. The fourth-order valence-electron chi connectivity index (χ4n) is 3.07. The fourth-order valence-corrected chi connectivity index (χ4v) is 4.39. The molecule has 8 nitrogen and oxygen atoms in total. The van der Waals surface area contributed by atoms with E-state index in [0.29, 0.717) is 5.52 Å². The van der Waals surface area contributed by atoms with E-state index in [9.17, 15) is 18.0 Å². The first kappa shape index (κ1) is 17.7. The lowest BCUT2D eigenvalue weighted by molar-refractivity contribution is -0.141. The number of aromatic nitrogens is 1. The molecule has 0 saturated heterocycles. The van der Waals surface area contributed by atoms with Gasteiger partial charge in [-0.1, -0.05) is 19.3 Å². The molecule has 1 heterocycles. The van der Waals surface area contributed by atoms with Gasteiger partial charge in [-0.15, -0.1) is 0 Å². The highest BCUT2D eigenvalue weighted by Crippen LogP contribution is 2.22. The van der Waals surface area contributed by atoms with E-state index in [2.05, 4.69) is 9.46 Å². The smallest absolute Gasteiger partial charge is 0.420 e. The molecule has 0 unspecified atom stereocenters. The molecule has 136 valence electrons. The number of ether oxygens (including phenoxy) is 1. The summed E-state index contributed by atoms with van der Waals surface area (Å²) < 4.78 is 38.5. The standard InChI is InChI=1S/C16H20N2O6S/c1-23-15(19)10-18-13-8-7-12(9-14(13)24-16(18)20)25(21,22)17-11-5-3-2-4-6-11/h7-9,11,17H,2-6,10H2,1H3. The van der Waals surface area contributed by atoms with E-state index >= 15 is 0 Å². The van der Waals surface area contributed by atoms with Gasteiger partial charge in [-0.05, 0) is 25.0 Å². The van der Waals surface area contributed by atoms with E-state index in [4.69, 9.17) is 4.42 Å². The van der Waals surface area contributed by atoms with Crippen LogP contribution in [0.5, 0.6) is 0 Å². The van der Waals surface area contributed by atoms with Gasteiger partial charge in [-0.25, -0.2) is 17.9 Å². The lowest BCUT2D eigenvalue weighted by atomic mass is 9.96. The highest BCUT2D eigenvalue weighted by atomic mass is 32.2. The number of esters is 1. The zero-order valence-electron chi connectivity index (χ0n) is 13.9. The van der Waals surface area contributed by atoms with Crippen molar-refractivity contribution in [1.29, 1.82) is 0 Å². The SMILES string of the molecule is COC(=O)Cn1c(=O)oc2cc(S(=O)(=O)NC3CCCCC3)ccc21. The summed E-state index contributed by atoms with van der Waals surface area (Å²) in [6.07, 6.45) is 4.80. The van der Waals surface area contributed by atoms with E-state index in [1.165, 1.54) is 25.3 Å². The molecule has 1 fully saturated rings. The minimum atomic E-state index is -3.70. The highest BCUT2D eigenvalue weighted by Gasteiger charge is 2.23. The van der Waals surface area contributed by atoms with Crippen molar-refractivity contribution in [1.82, 2.24) is 9.29 Å². The summed E-state index contributed by atoms with van der Waals surface area (Å²) in [5.41, 5.74) is 0.451. The summed E-state index contributed by atoms with van der Waals surface area (Å²) in [4.78, 5) is 23.3. The van der Waals surface area contributed by atoms with Crippen LogP contribution in [0.3, 0.4) is 0 Å². The van der Waals surface area contributed by atoms with E-state index in [1.54, 1.807) is 0 Å². The van der Waals surface area contributed by atoms with Crippen LogP contribution in [0.2, 0.25) is 0 Å². The van der Waals surface area contributed by atoms with Gasteiger partial charge >= 0.3 is 11.7 Å². The molecular formula is C16H20N2O6S. The number of methoxy groups -OCH3 is 1. The number of oxazole rings is 1. The van der Waals surface area contributed by atoms with Gasteiger partial charge in [-0.2, -0.15) is 0 Å². The largest absolute Gasteiger partial charge is 0.468 e. The maximum absolute atomic E-state index is 12.5. The van der Waals surface area contributed by atoms with Gasteiger partial charge < -0.3 is 9.15 Å². The van der Waals surface area contributed by atoms with Gasteiger partial charge in [0.05, 0.1) is 17.5 Å². The highest BCUT2D eigenvalue weighted by molar-refractivity contribution is 7.89. The Morgan fingerprint density at radius 2 is 2.04 bits per heavy atom. The molecule has 1 aromatic carbocycles. The molecule has 0 aliphatic heterocycles. The second-order valence-corrected chi connectivity index (χ2v) is 7.83. The Bertz CT molecular complexity index is 937. The van der Waals surface area contributed by atoms with Crippen molar-refractivity contribution < 1.29 is 22.4 Å². The van der Waals surface area contributed by atoms with Gasteiger partial charge in [0.1, 0.15) is 6.54 Å². The van der Waals surface area contributed by atoms with Crippen molar-refractivity contribution in [3.63, 3.8) is 0 Å². The fraction of sp³-hybridized carbons (Fsp3) is 0.500. The number of carbonyl (C=O) groups excluding carboxylic acids is 1. The molecule has 1 N–H and O–H groups in total. The molecule has 9 heteroatoms. The number of sulfonamides is 1. The molecule has 0 spiro atoms. The topological polar surface area (TPSA) is 108 Å². The molecule has 0 amide bonds. The lowest BCUT2D eigenvalue weighted by Gasteiger charge is -2.22. The zero-order chi connectivity index (χ0) is 18.0. The molecule has 0 radical (unpaired) electrons. The number of rotatable bonds is 5. The molecule has 3 rings (SSSR count). The van der Waals surface area contributed by atoms with Gasteiger partial charge in [0, 0.05) is 12.1 Å². The second kappa shape index (κ2) is 7.01. The van der Waals surface area contributed by atoms with Crippen LogP contribution in [0.4, 0.5) is 0 Å². The minimum absolute atomic E-state index is 0.0320. The van der Waals surface area contributed by atoms with Crippen LogP contribution in [0.25, 0.3) is 11.1 Å². The number of fused-ring (bicyclic) bond motifs is 1. The van der Waals surface area contributed by atoms with Crippen molar-refractivity contribution in [3.05, 3.63) is 28.7 Å². The van der Waals surface area contributed by atoms with Gasteiger partial charge in [0.15, 0.2) is 5.58 Å². The van der Waals surface area contributed by atoms with Crippen LogP contribution < -0.4 is 10.5 Å². The molecule has 1 aliphatic carbocycles. The van der Waals surface area contributed by atoms with Crippen molar-refractivity contribution in [3.8, 4) is 0 Å². The zero-order valence-corrected chi connectivity index (χ0v) is 14.7. The van der Waals surface area contributed by atoms with E-state index in [1.807, 2.05) is 0 Å². The van der Waals surface area contributed by atoms with Crippen LogP contribution in [0.15, 0.2) is 32.3 Å². The van der Waals surface area contributed by atoms with Crippen LogP contribution >= 0.6 is 0 Å². The third-order valence-electron chi connectivity index (χ3n) is 4.39. The third kappa shape index (κ3) is 3.77. The van der Waals surface area contributed by atoms with Crippen LogP contribution in [-0.2, 0) is 26.1 Å². The summed E-state index contributed by atoms with van der Waals surface area (Å²) >= 11 is 0. The van der Waals surface area contributed by atoms with Crippen LogP contribution in [0, 0.1) is 0 Å². The Morgan fingerprint density at radius 3 is 2.72 bits per heavy atom. The quantitative estimate of drug-likeness (QED) is 0.799. The third-order valence-corrected chi connectivity index (χ3v) is 5.91. The molecule has 1 aromatic heterocycles. The second-order valence-electron chi connectivity index (χ2n) is 6.12. The Kier molecular flexibility index (Phi) is 4.96. The van der Waals surface area contributed by atoms with Crippen LogP contribution in [-0.4, -0.2) is 32.1 Å². The summed E-state index contributed by atoms with van der Waals surface area (Å²) in [5.74, 6) is -1.34. The van der Waals surface area contributed by atoms with Crippen molar-refractivity contribution >= 4 is 27.1 Å². The average Bonchev–Trinajstić information content (AvgIpc) is 2.90. The molecule has 0 atom stereocenters. The predicted octanol–water partition coefficient (Wildman–Crippen LogP) is 1.38. The summed E-state index contributed by atoms with van der Waals surface area (Å²) in [6.45, 7) is -0.297. The summed E-state index contributed by atoms with van der Waals surface area (Å²) in [6, 6.07) is 4.09. The summed E-state index contributed by atoms with van der Waals surface area (Å²) in [5, 5.41) is 0. The van der Waals surface area contributed by atoms with Crippen LogP contribution in [0.1, 0.15) is 32.1 Å². The number of nitrogens with zero attached hydrogens (tertiary/aromatic N) is 1. The number of hydrogen-bond donors (Lipinski definition) is 1.